The van der Waals surface area contributed by atoms with Crippen LogP contribution in [-0.2, 0) is 14.6 Å². The van der Waals surface area contributed by atoms with E-state index in [2.05, 4.69) is 16.8 Å². The van der Waals surface area contributed by atoms with Crippen molar-refractivity contribution in [1.29, 1.82) is 5.26 Å². The fourth-order valence-corrected chi connectivity index (χ4v) is 4.44. The number of fused-ring (bicyclic) bond motifs is 1. The minimum Gasteiger partial charge on any atom is -0.380 e. The fourth-order valence-electron chi connectivity index (χ4n) is 3.56. The largest absolute Gasteiger partial charge is 0.380 e. The maximum Gasteiger partial charge on any atom is 0.193 e. The van der Waals surface area contributed by atoms with E-state index in [0.29, 0.717) is 19.6 Å². The van der Waals surface area contributed by atoms with Gasteiger partial charge in [0.05, 0.1) is 45.3 Å². The number of benzene rings is 2. The first-order valence-electron chi connectivity index (χ1n) is 9.58. The lowest BCUT2D eigenvalue weighted by Crippen LogP contribution is -2.09. The summed E-state index contributed by atoms with van der Waals surface area (Å²) in [4.78, 5) is 15.4. The summed E-state index contributed by atoms with van der Waals surface area (Å²) in [5.74, 6) is 3.08. The number of nitrogens with zero attached hydrogens (tertiary/aromatic N) is 1. The lowest BCUT2D eigenvalue weighted by Gasteiger charge is -2.11. The number of halogens is 2. The molecule has 1 atom stereocenters. The molecule has 1 aliphatic heterocycles. The lowest BCUT2D eigenvalue weighted by atomic mass is 10.0. The molecule has 6 nitrogen and oxygen atoms in total. The fraction of sp³-hybridized carbons (Fsp3) is 0.217. The summed E-state index contributed by atoms with van der Waals surface area (Å²) in [6.45, 7) is 0.922. The van der Waals surface area contributed by atoms with Crippen LogP contribution in [0.3, 0.4) is 0 Å². The van der Waals surface area contributed by atoms with E-state index in [1.807, 2.05) is 6.07 Å². The molecule has 1 aromatic heterocycles. The predicted octanol–water partition coefficient (Wildman–Crippen LogP) is 3.14. The van der Waals surface area contributed by atoms with Crippen LogP contribution in [0.4, 0.5) is 8.78 Å². The number of sulfone groups is 1. The van der Waals surface area contributed by atoms with Crippen molar-refractivity contribution in [1.82, 2.24) is 4.98 Å². The molecule has 1 fully saturated rings. The Morgan fingerprint density at radius 3 is 2.66 bits per heavy atom. The Kier molecular flexibility index (Phi) is 5.55. The Morgan fingerprint density at radius 2 is 2.00 bits per heavy atom. The highest BCUT2D eigenvalue weighted by Gasteiger charge is 2.20. The van der Waals surface area contributed by atoms with Crippen LogP contribution in [0.2, 0.25) is 0 Å². The quantitative estimate of drug-likeness (QED) is 0.600. The van der Waals surface area contributed by atoms with E-state index in [0.717, 1.165) is 18.4 Å². The Balaban J connectivity index is 1.92. The molecule has 0 bridgehead atoms. The first-order chi connectivity index (χ1) is 15.2. The van der Waals surface area contributed by atoms with Gasteiger partial charge in [-0.25, -0.2) is 17.2 Å². The summed E-state index contributed by atoms with van der Waals surface area (Å²) in [5.41, 5.74) is -1.21. The first-order valence-corrected chi connectivity index (χ1v) is 11.5. The number of pyridine rings is 1. The minimum absolute atomic E-state index is 0.0146. The maximum atomic E-state index is 15.1. The van der Waals surface area contributed by atoms with Crippen molar-refractivity contribution in [3.63, 3.8) is 0 Å². The van der Waals surface area contributed by atoms with Gasteiger partial charge in [-0.3, -0.25) is 4.79 Å². The molecular weight excluding hydrogens is 438 g/mol. The summed E-state index contributed by atoms with van der Waals surface area (Å²) in [5, 5.41) is 8.78. The van der Waals surface area contributed by atoms with Crippen molar-refractivity contribution in [3.05, 3.63) is 63.3 Å². The van der Waals surface area contributed by atoms with Gasteiger partial charge in [0.2, 0.25) is 0 Å². The van der Waals surface area contributed by atoms with Crippen LogP contribution in [0.25, 0.3) is 22.2 Å². The average molecular weight is 454 g/mol. The number of rotatable bonds is 2. The lowest BCUT2D eigenvalue weighted by molar-refractivity contribution is 0.192. The van der Waals surface area contributed by atoms with Gasteiger partial charge in [0.25, 0.3) is 0 Å². The van der Waals surface area contributed by atoms with Gasteiger partial charge in [0.1, 0.15) is 5.82 Å². The second kappa shape index (κ2) is 8.19. The Bertz CT molecular complexity index is 1520. The maximum absolute atomic E-state index is 15.1. The van der Waals surface area contributed by atoms with Crippen LogP contribution in [-0.4, -0.2) is 32.9 Å². The van der Waals surface area contributed by atoms with E-state index < -0.39 is 32.5 Å². The van der Waals surface area contributed by atoms with Crippen LogP contribution < -0.4 is 5.43 Å². The van der Waals surface area contributed by atoms with Gasteiger partial charge in [-0.15, -0.1) is 0 Å². The van der Waals surface area contributed by atoms with Crippen molar-refractivity contribution in [3.8, 4) is 29.2 Å². The van der Waals surface area contributed by atoms with E-state index >= 15 is 4.39 Å². The Morgan fingerprint density at radius 1 is 1.22 bits per heavy atom. The van der Waals surface area contributed by atoms with Crippen molar-refractivity contribution < 1.29 is 21.9 Å². The third-order valence-corrected chi connectivity index (χ3v) is 6.29. The van der Waals surface area contributed by atoms with Crippen LogP contribution in [0, 0.1) is 40.7 Å². The Labute approximate surface area is 182 Å². The van der Waals surface area contributed by atoms with Gasteiger partial charge in [-0.05, 0) is 30.7 Å². The van der Waals surface area contributed by atoms with E-state index in [1.165, 1.54) is 18.2 Å². The second-order valence-corrected chi connectivity index (χ2v) is 9.43. The van der Waals surface area contributed by atoms with Gasteiger partial charge < -0.3 is 9.72 Å². The normalized spacial score (nSPS) is 15.9. The summed E-state index contributed by atoms with van der Waals surface area (Å²) in [6, 6.07) is 7.75. The van der Waals surface area contributed by atoms with E-state index in [-0.39, 0.29) is 38.5 Å². The number of hydrogen-bond acceptors (Lipinski definition) is 5. The molecule has 2 aromatic carbocycles. The minimum atomic E-state index is -3.72. The number of nitrogens with one attached hydrogen (secondary N) is 1. The smallest absolute Gasteiger partial charge is 0.193 e. The third-order valence-electron chi connectivity index (χ3n) is 5.14. The zero-order chi connectivity index (χ0) is 23.0. The molecule has 2 heterocycles. The van der Waals surface area contributed by atoms with Gasteiger partial charge in [-0.1, -0.05) is 11.8 Å². The molecule has 1 aliphatic rings. The van der Waals surface area contributed by atoms with Crippen LogP contribution in [0.5, 0.6) is 0 Å². The SMILES string of the molecule is CS(=O)(=O)c1ccc(C#N)cc1-c1cc(=O)c2c(F)c(C#CC3CCOC3)c(F)cc2[nH]1. The molecule has 9 heteroatoms. The topological polar surface area (TPSA) is 100 Å². The van der Waals surface area contributed by atoms with Gasteiger partial charge in [-0.2, -0.15) is 5.26 Å². The summed E-state index contributed by atoms with van der Waals surface area (Å²) >= 11 is 0. The van der Waals surface area contributed by atoms with E-state index in [9.17, 15) is 22.9 Å². The molecule has 1 saturated heterocycles. The first kappa shape index (κ1) is 21.7. The molecule has 0 spiro atoms. The average Bonchev–Trinajstić information content (AvgIpc) is 3.25. The third kappa shape index (κ3) is 4.01. The number of hydrogen-bond donors (Lipinski definition) is 1. The van der Waals surface area contributed by atoms with Gasteiger partial charge in [0.15, 0.2) is 21.1 Å². The number of ether oxygens (including phenoxy) is 1. The summed E-state index contributed by atoms with van der Waals surface area (Å²) in [7, 11) is -3.72. The highest BCUT2D eigenvalue weighted by Crippen LogP contribution is 2.29. The molecule has 0 amide bonds. The van der Waals surface area contributed by atoms with Crippen LogP contribution in [0.1, 0.15) is 17.5 Å². The van der Waals surface area contributed by atoms with Crippen molar-refractivity contribution in [2.24, 2.45) is 5.92 Å². The molecule has 4 rings (SSSR count). The molecule has 0 radical (unpaired) electrons. The van der Waals surface area contributed by atoms with E-state index in [4.69, 9.17) is 4.74 Å². The van der Waals surface area contributed by atoms with Gasteiger partial charge in [0, 0.05) is 30.4 Å². The summed E-state index contributed by atoms with van der Waals surface area (Å²) < 4.78 is 59.3. The number of nitriles is 1. The molecule has 1 unspecified atom stereocenters. The molecule has 1 N–H and O–H groups in total. The highest BCUT2D eigenvalue weighted by atomic mass is 32.2. The van der Waals surface area contributed by atoms with Crippen molar-refractivity contribution >= 4 is 20.7 Å². The zero-order valence-corrected chi connectivity index (χ0v) is 17.6. The van der Waals surface area contributed by atoms with Crippen molar-refractivity contribution in [2.75, 3.05) is 19.5 Å². The molecule has 3 aromatic rings. The number of aromatic nitrogens is 1. The van der Waals surface area contributed by atoms with Crippen LogP contribution >= 0.6 is 0 Å². The molecule has 0 aliphatic carbocycles. The molecular formula is C23H16F2N2O4S. The van der Waals surface area contributed by atoms with Crippen LogP contribution in [0.15, 0.2) is 40.0 Å². The van der Waals surface area contributed by atoms with E-state index in [1.54, 1.807) is 0 Å². The Hall–Kier alpha value is -3.53. The number of aromatic amines is 1. The monoisotopic (exact) mass is 454 g/mol. The van der Waals surface area contributed by atoms with Crippen molar-refractivity contribution in [2.45, 2.75) is 11.3 Å². The molecule has 0 saturated carbocycles. The highest BCUT2D eigenvalue weighted by molar-refractivity contribution is 7.90. The standard InChI is InChI=1S/C23H16F2N2O4S/c1-32(29,30)21-5-3-14(11-26)8-16(21)18-10-20(28)22-19(27-18)9-17(24)15(23(22)25)4-2-13-6-7-31-12-13/h3,5,8-10,13H,6-7,12H2,1H3,(H,27,28). The molecule has 32 heavy (non-hydrogen) atoms. The second-order valence-electron chi connectivity index (χ2n) is 7.44. The molecule has 162 valence electrons. The van der Waals surface area contributed by atoms with Gasteiger partial charge >= 0.3 is 0 Å². The summed E-state index contributed by atoms with van der Waals surface area (Å²) in [6.07, 6.45) is 1.65. The zero-order valence-electron chi connectivity index (χ0n) is 16.8. The predicted molar refractivity (Wildman–Crippen MR) is 114 cm³/mol. The number of H-pyrrole nitrogens is 1.